The van der Waals surface area contributed by atoms with Gasteiger partial charge >= 0.3 is 12.0 Å². The van der Waals surface area contributed by atoms with Gasteiger partial charge in [0.25, 0.3) is 5.91 Å². The zero-order valence-corrected chi connectivity index (χ0v) is 14.9. The number of hydrogen-bond donors (Lipinski definition) is 2. The SMILES string of the molecule is CCOC(=O)[C@@]12C[C@H]1/C=C\CCCC=NC(=O)[C@@H]1C[C@@H](O)CN1C(=O)N2. The largest absolute Gasteiger partial charge is 0.464 e. The Morgan fingerprint density at radius 1 is 1.46 bits per heavy atom. The third kappa shape index (κ3) is 3.65. The van der Waals surface area contributed by atoms with Crippen LogP contribution in [0.5, 0.6) is 0 Å². The van der Waals surface area contributed by atoms with Gasteiger partial charge < -0.3 is 20.1 Å². The zero-order valence-electron chi connectivity index (χ0n) is 14.9. The number of amides is 3. The summed E-state index contributed by atoms with van der Waals surface area (Å²) in [5, 5.41) is 12.7. The Hall–Kier alpha value is -2.22. The Labute approximate surface area is 152 Å². The molecule has 0 aromatic rings. The maximum atomic E-state index is 12.8. The molecule has 0 aromatic carbocycles. The van der Waals surface area contributed by atoms with Crippen molar-refractivity contribution in [2.75, 3.05) is 13.2 Å². The van der Waals surface area contributed by atoms with E-state index < -0.39 is 35.6 Å². The van der Waals surface area contributed by atoms with Crippen LogP contribution in [-0.2, 0) is 14.3 Å². The Kier molecular flexibility index (Phi) is 5.41. The molecule has 3 amide bonds. The number of fused-ring (bicyclic) bond motifs is 2. The van der Waals surface area contributed by atoms with Crippen molar-refractivity contribution in [1.29, 1.82) is 0 Å². The van der Waals surface area contributed by atoms with Crippen LogP contribution in [0.1, 0.15) is 39.0 Å². The number of nitrogens with zero attached hydrogens (tertiary/aromatic N) is 2. The molecule has 0 spiro atoms. The van der Waals surface area contributed by atoms with E-state index in [1.54, 1.807) is 13.1 Å². The number of ether oxygens (including phenoxy) is 1. The highest BCUT2D eigenvalue weighted by molar-refractivity contribution is 5.95. The third-order valence-electron chi connectivity index (χ3n) is 5.10. The summed E-state index contributed by atoms with van der Waals surface area (Å²) in [6, 6.07) is -1.35. The van der Waals surface area contributed by atoms with E-state index in [0.29, 0.717) is 12.8 Å². The van der Waals surface area contributed by atoms with Gasteiger partial charge in [-0.15, -0.1) is 0 Å². The van der Waals surface area contributed by atoms with Crippen molar-refractivity contribution in [3.05, 3.63) is 12.2 Å². The Morgan fingerprint density at radius 3 is 3.04 bits per heavy atom. The number of esters is 1. The molecule has 2 N–H and O–H groups in total. The van der Waals surface area contributed by atoms with Crippen LogP contribution >= 0.6 is 0 Å². The molecule has 26 heavy (non-hydrogen) atoms. The lowest BCUT2D eigenvalue weighted by Gasteiger charge is -2.26. The minimum Gasteiger partial charge on any atom is -0.464 e. The molecule has 1 saturated carbocycles. The highest BCUT2D eigenvalue weighted by Gasteiger charge is 2.62. The van der Waals surface area contributed by atoms with Crippen molar-refractivity contribution < 1.29 is 24.2 Å². The van der Waals surface area contributed by atoms with Crippen LogP contribution in [0.25, 0.3) is 0 Å². The third-order valence-corrected chi connectivity index (χ3v) is 5.10. The van der Waals surface area contributed by atoms with Crippen LogP contribution in [0.15, 0.2) is 17.1 Å². The number of nitrogens with one attached hydrogen (secondary N) is 1. The monoisotopic (exact) mass is 363 g/mol. The standard InChI is InChI=1S/C18H25N3O5/c1-2-26-16(24)18-10-12(18)7-5-3-4-6-8-19-15(23)14-9-13(22)11-21(14)17(25)20-18/h5,7-8,12-14,22H,2-4,6,9-11H2,1H3,(H,20,25)/b7-5-,19-8?/t12-,13-,14+,18-/m1/s1. The molecule has 2 aliphatic heterocycles. The summed E-state index contributed by atoms with van der Waals surface area (Å²) in [5.41, 5.74) is -1.09. The normalized spacial score (nSPS) is 35.8. The van der Waals surface area contributed by atoms with Crippen LogP contribution in [0.4, 0.5) is 4.79 Å². The van der Waals surface area contributed by atoms with Crippen molar-refractivity contribution in [3.63, 3.8) is 0 Å². The summed E-state index contributed by atoms with van der Waals surface area (Å²) < 4.78 is 5.15. The maximum absolute atomic E-state index is 12.8. The van der Waals surface area contributed by atoms with Crippen LogP contribution in [-0.4, -0.2) is 65.0 Å². The number of carbonyl (C=O) groups excluding carboxylic acids is 3. The van der Waals surface area contributed by atoms with Crippen molar-refractivity contribution in [2.45, 2.75) is 56.7 Å². The van der Waals surface area contributed by atoms with Crippen LogP contribution in [0.2, 0.25) is 0 Å². The van der Waals surface area contributed by atoms with E-state index >= 15 is 0 Å². The minimum absolute atomic E-state index is 0.0389. The number of aliphatic imine (C=N–C) groups is 1. The number of rotatable bonds is 2. The van der Waals surface area contributed by atoms with Gasteiger partial charge in [-0.05, 0) is 32.6 Å². The first kappa shape index (κ1) is 18.6. The summed E-state index contributed by atoms with van der Waals surface area (Å²) in [4.78, 5) is 42.7. The first-order chi connectivity index (χ1) is 12.5. The highest BCUT2D eigenvalue weighted by Crippen LogP contribution is 2.46. The van der Waals surface area contributed by atoms with Gasteiger partial charge in [0.15, 0.2) is 0 Å². The van der Waals surface area contributed by atoms with Crippen LogP contribution in [0.3, 0.4) is 0 Å². The molecule has 0 radical (unpaired) electrons. The molecule has 142 valence electrons. The topological polar surface area (TPSA) is 108 Å². The molecule has 8 heteroatoms. The quantitative estimate of drug-likeness (QED) is 0.557. The van der Waals surface area contributed by atoms with Gasteiger partial charge in [0, 0.05) is 25.1 Å². The average Bonchev–Trinajstić information content (AvgIpc) is 3.15. The second-order valence-electron chi connectivity index (χ2n) is 7.00. The van der Waals surface area contributed by atoms with Crippen LogP contribution in [0, 0.1) is 5.92 Å². The number of allylic oxidation sites excluding steroid dienone is 1. The van der Waals surface area contributed by atoms with E-state index in [4.69, 9.17) is 4.74 Å². The fourth-order valence-electron chi connectivity index (χ4n) is 3.57. The lowest BCUT2D eigenvalue weighted by molar-refractivity contribution is -0.147. The van der Waals surface area contributed by atoms with Gasteiger partial charge in [-0.1, -0.05) is 12.2 Å². The molecular formula is C18H25N3O5. The Balaban J connectivity index is 1.85. The first-order valence-corrected chi connectivity index (χ1v) is 9.15. The van der Waals surface area contributed by atoms with Gasteiger partial charge in [0.1, 0.15) is 11.6 Å². The first-order valence-electron chi connectivity index (χ1n) is 9.15. The fraction of sp³-hybridized carbons (Fsp3) is 0.667. The Bertz CT molecular complexity index is 647. The summed E-state index contributed by atoms with van der Waals surface area (Å²) in [5.74, 6) is -1.03. The second-order valence-corrected chi connectivity index (χ2v) is 7.00. The van der Waals surface area contributed by atoms with Gasteiger partial charge in [-0.2, -0.15) is 0 Å². The van der Waals surface area contributed by atoms with E-state index in [9.17, 15) is 19.5 Å². The summed E-state index contributed by atoms with van der Waals surface area (Å²) in [6.45, 7) is 1.98. The zero-order chi connectivity index (χ0) is 18.7. The molecule has 0 aromatic heterocycles. The van der Waals surface area contributed by atoms with Crippen molar-refractivity contribution in [3.8, 4) is 0 Å². The molecule has 1 aliphatic carbocycles. The number of aliphatic hydroxyl groups excluding tert-OH is 1. The van der Waals surface area contributed by atoms with Gasteiger partial charge in [-0.25, -0.2) is 14.6 Å². The molecule has 3 rings (SSSR count). The fourth-order valence-corrected chi connectivity index (χ4v) is 3.57. The molecule has 2 fully saturated rings. The van der Waals surface area contributed by atoms with Gasteiger partial charge in [-0.3, -0.25) is 4.79 Å². The highest BCUT2D eigenvalue weighted by atomic mass is 16.5. The molecule has 2 heterocycles. The van der Waals surface area contributed by atoms with Gasteiger partial charge in [0.2, 0.25) is 0 Å². The smallest absolute Gasteiger partial charge is 0.332 e. The van der Waals surface area contributed by atoms with Crippen LogP contribution < -0.4 is 5.32 Å². The molecule has 8 nitrogen and oxygen atoms in total. The molecule has 4 atom stereocenters. The average molecular weight is 363 g/mol. The van der Waals surface area contributed by atoms with E-state index in [2.05, 4.69) is 10.3 Å². The van der Waals surface area contributed by atoms with E-state index in [1.165, 1.54) is 4.90 Å². The summed E-state index contributed by atoms with van der Waals surface area (Å²) in [6.07, 6.45) is 7.65. The van der Waals surface area contributed by atoms with E-state index in [0.717, 1.165) is 12.8 Å². The number of hydrogen-bond acceptors (Lipinski definition) is 5. The van der Waals surface area contributed by atoms with Gasteiger partial charge in [0.05, 0.1) is 12.7 Å². The second kappa shape index (κ2) is 7.57. The van der Waals surface area contributed by atoms with Crippen molar-refractivity contribution >= 4 is 24.1 Å². The summed E-state index contributed by atoms with van der Waals surface area (Å²) >= 11 is 0. The predicted octanol–water partition coefficient (Wildman–Crippen LogP) is 0.790. The van der Waals surface area contributed by atoms with Crippen molar-refractivity contribution in [1.82, 2.24) is 10.2 Å². The lowest BCUT2D eigenvalue weighted by Crippen LogP contribution is -2.53. The molecular weight excluding hydrogens is 338 g/mol. The summed E-state index contributed by atoms with van der Waals surface area (Å²) in [7, 11) is 0. The number of urea groups is 1. The molecule has 3 aliphatic rings. The maximum Gasteiger partial charge on any atom is 0.332 e. The lowest BCUT2D eigenvalue weighted by atomic mass is 10.1. The number of aliphatic hydroxyl groups is 1. The minimum atomic E-state index is -1.09. The molecule has 0 bridgehead atoms. The predicted molar refractivity (Wildman–Crippen MR) is 93.6 cm³/mol. The molecule has 0 unspecified atom stereocenters. The molecule has 1 saturated heterocycles. The Morgan fingerprint density at radius 2 is 2.27 bits per heavy atom. The van der Waals surface area contributed by atoms with Crippen molar-refractivity contribution in [2.24, 2.45) is 10.9 Å². The van der Waals surface area contributed by atoms with E-state index in [-0.39, 0.29) is 25.5 Å². The number of carbonyl (C=O) groups is 3. The van der Waals surface area contributed by atoms with E-state index in [1.807, 2.05) is 12.2 Å².